The number of anilines is 1. The van der Waals surface area contributed by atoms with Crippen molar-refractivity contribution < 1.29 is 19.1 Å². The van der Waals surface area contributed by atoms with Gasteiger partial charge in [-0.2, -0.15) is 0 Å². The number of nitrogens with one attached hydrogen (secondary N) is 4. The zero-order valence-corrected chi connectivity index (χ0v) is 16.7. The van der Waals surface area contributed by atoms with Gasteiger partial charge in [0.25, 0.3) is 5.91 Å². The number of hydrazine groups is 1. The normalized spacial score (nSPS) is 9.83. The van der Waals surface area contributed by atoms with E-state index in [1.165, 1.54) is 0 Å². The monoisotopic (exact) mass is 414 g/mol. The average molecular weight is 414 g/mol. The summed E-state index contributed by atoms with van der Waals surface area (Å²) >= 11 is 4.93. The number of ether oxygens (including phenoxy) is 1. The molecule has 0 fully saturated rings. The summed E-state index contributed by atoms with van der Waals surface area (Å²) in [7, 11) is 0. The maximum atomic E-state index is 11.8. The van der Waals surface area contributed by atoms with Crippen molar-refractivity contribution in [1.29, 1.82) is 0 Å². The van der Waals surface area contributed by atoms with E-state index in [9.17, 15) is 14.4 Å². The molecule has 0 spiro atoms. The van der Waals surface area contributed by atoms with Crippen LogP contribution in [-0.4, -0.2) is 29.4 Å². The summed E-state index contributed by atoms with van der Waals surface area (Å²) in [5.41, 5.74) is 6.40. The Bertz CT molecular complexity index is 874. The summed E-state index contributed by atoms with van der Waals surface area (Å²) in [4.78, 5) is 35.4. The summed E-state index contributed by atoms with van der Waals surface area (Å²) in [6, 6.07) is 16.2. The van der Waals surface area contributed by atoms with Gasteiger partial charge in [-0.3, -0.25) is 30.6 Å². The predicted octanol–water partition coefficient (Wildman–Crippen LogP) is 1.81. The maximum absolute atomic E-state index is 11.8. The van der Waals surface area contributed by atoms with Gasteiger partial charge in [-0.25, -0.2) is 0 Å². The second-order valence-corrected chi connectivity index (χ2v) is 6.48. The molecule has 4 N–H and O–H groups in total. The minimum Gasteiger partial charge on any atom is -0.484 e. The fraction of sp³-hybridized carbons (Fsp3) is 0.200. The molecule has 0 heterocycles. The molecule has 2 aromatic carbocycles. The average Bonchev–Trinajstić information content (AvgIpc) is 2.70. The molecule has 0 saturated heterocycles. The molecule has 0 bridgehead atoms. The van der Waals surface area contributed by atoms with Gasteiger partial charge in [0.2, 0.25) is 11.8 Å². The fourth-order valence-electron chi connectivity index (χ4n) is 2.21. The third-order valence-corrected chi connectivity index (χ3v) is 3.77. The summed E-state index contributed by atoms with van der Waals surface area (Å²) in [6.07, 6.45) is -0.0371. The van der Waals surface area contributed by atoms with Crippen LogP contribution in [0.25, 0.3) is 0 Å². The highest BCUT2D eigenvalue weighted by Gasteiger charge is 2.09. The van der Waals surface area contributed by atoms with Gasteiger partial charge in [0, 0.05) is 18.5 Å². The van der Waals surface area contributed by atoms with Crippen molar-refractivity contribution in [2.75, 3.05) is 11.9 Å². The van der Waals surface area contributed by atoms with E-state index in [4.69, 9.17) is 17.0 Å². The highest BCUT2D eigenvalue weighted by Crippen LogP contribution is 2.11. The molecule has 152 valence electrons. The minimum atomic E-state index is -0.472. The first kappa shape index (κ1) is 21.8. The number of para-hydroxylation sites is 1. The molecule has 0 radical (unpaired) electrons. The molecule has 8 nitrogen and oxygen atoms in total. The maximum Gasteiger partial charge on any atom is 0.264 e. The molecule has 9 heteroatoms. The number of carbonyl (C=O) groups is 3. The van der Waals surface area contributed by atoms with E-state index in [0.717, 1.165) is 5.56 Å². The largest absolute Gasteiger partial charge is 0.484 e. The molecule has 29 heavy (non-hydrogen) atoms. The van der Waals surface area contributed by atoms with Crippen molar-refractivity contribution in [3.63, 3.8) is 0 Å². The van der Waals surface area contributed by atoms with Gasteiger partial charge in [-0.05, 0) is 49.0 Å². The first-order chi connectivity index (χ1) is 13.9. The fourth-order valence-corrected chi connectivity index (χ4v) is 2.37. The smallest absolute Gasteiger partial charge is 0.264 e. The standard InChI is InChI=1S/C20H22N4O4S/c1-14-6-5-9-16(12-14)28-13-19(27)22-20(29)24-23-18(26)11-10-17(25)21-15-7-3-2-4-8-15/h2-9,12H,10-11,13H2,1H3,(H,21,25)(H,23,26)(H2,22,24,27,29). The summed E-state index contributed by atoms with van der Waals surface area (Å²) in [6.45, 7) is 1.69. The van der Waals surface area contributed by atoms with E-state index < -0.39 is 11.8 Å². The van der Waals surface area contributed by atoms with E-state index in [2.05, 4.69) is 21.5 Å². The van der Waals surface area contributed by atoms with Crippen LogP contribution in [-0.2, 0) is 14.4 Å². The van der Waals surface area contributed by atoms with E-state index in [0.29, 0.717) is 11.4 Å². The molecule has 0 aliphatic carbocycles. The number of rotatable bonds is 7. The van der Waals surface area contributed by atoms with Gasteiger partial charge in [-0.15, -0.1) is 0 Å². The first-order valence-electron chi connectivity index (χ1n) is 8.85. The third-order valence-electron chi connectivity index (χ3n) is 3.56. The highest BCUT2D eigenvalue weighted by molar-refractivity contribution is 7.80. The first-order valence-corrected chi connectivity index (χ1v) is 9.26. The topological polar surface area (TPSA) is 109 Å². The van der Waals surface area contributed by atoms with Crippen LogP contribution in [0.15, 0.2) is 54.6 Å². The Morgan fingerprint density at radius 3 is 2.34 bits per heavy atom. The van der Waals surface area contributed by atoms with Crippen molar-refractivity contribution in [2.24, 2.45) is 0 Å². The number of benzene rings is 2. The lowest BCUT2D eigenvalue weighted by Crippen LogP contribution is -2.49. The van der Waals surface area contributed by atoms with Crippen LogP contribution >= 0.6 is 12.2 Å². The van der Waals surface area contributed by atoms with E-state index >= 15 is 0 Å². The Balaban J connectivity index is 1.60. The highest BCUT2D eigenvalue weighted by atomic mass is 32.1. The van der Waals surface area contributed by atoms with E-state index in [1.807, 2.05) is 25.1 Å². The van der Waals surface area contributed by atoms with Crippen molar-refractivity contribution in [3.05, 3.63) is 60.2 Å². The van der Waals surface area contributed by atoms with Crippen LogP contribution in [0.3, 0.4) is 0 Å². The van der Waals surface area contributed by atoms with Crippen molar-refractivity contribution in [2.45, 2.75) is 19.8 Å². The lowest BCUT2D eigenvalue weighted by atomic mass is 10.2. The zero-order valence-electron chi connectivity index (χ0n) is 15.9. The zero-order chi connectivity index (χ0) is 21.1. The molecule has 3 amide bonds. The molecule has 0 aliphatic heterocycles. The molecule has 0 unspecified atom stereocenters. The predicted molar refractivity (Wildman–Crippen MR) is 113 cm³/mol. The molecular formula is C20H22N4O4S. The van der Waals surface area contributed by atoms with Crippen molar-refractivity contribution in [1.82, 2.24) is 16.2 Å². The number of hydrogen-bond donors (Lipinski definition) is 4. The van der Waals surface area contributed by atoms with Crippen LogP contribution in [0.1, 0.15) is 18.4 Å². The van der Waals surface area contributed by atoms with Crippen LogP contribution in [0, 0.1) is 6.92 Å². The molecule has 2 rings (SSSR count). The van der Waals surface area contributed by atoms with Crippen molar-refractivity contribution >= 4 is 40.7 Å². The lowest BCUT2D eigenvalue weighted by Gasteiger charge is -2.11. The van der Waals surface area contributed by atoms with Crippen LogP contribution < -0.4 is 26.2 Å². The van der Waals surface area contributed by atoms with Crippen LogP contribution in [0.4, 0.5) is 5.69 Å². The second-order valence-electron chi connectivity index (χ2n) is 6.07. The minimum absolute atomic E-state index is 0.00581. The van der Waals surface area contributed by atoms with Gasteiger partial charge in [0.1, 0.15) is 5.75 Å². The Labute approximate surface area is 174 Å². The summed E-state index contributed by atoms with van der Waals surface area (Å²) in [5.74, 6) is -0.627. The third kappa shape index (κ3) is 8.85. The number of amides is 3. The lowest BCUT2D eigenvalue weighted by molar-refractivity contribution is -0.125. The number of aryl methyl sites for hydroxylation is 1. The second kappa shape index (κ2) is 11.4. The van der Waals surface area contributed by atoms with Gasteiger partial charge in [0.05, 0.1) is 0 Å². The SMILES string of the molecule is Cc1cccc(OCC(=O)NC(=S)NNC(=O)CCC(=O)Nc2ccccc2)c1. The summed E-state index contributed by atoms with van der Waals surface area (Å²) in [5, 5.41) is 4.98. The van der Waals surface area contributed by atoms with Gasteiger partial charge in [0.15, 0.2) is 11.7 Å². The van der Waals surface area contributed by atoms with Crippen molar-refractivity contribution in [3.8, 4) is 5.75 Å². The molecule has 0 aliphatic rings. The van der Waals surface area contributed by atoms with Crippen LogP contribution in [0.2, 0.25) is 0 Å². The Hall–Kier alpha value is -3.46. The molecule has 0 aromatic heterocycles. The molecule has 0 saturated carbocycles. The van der Waals surface area contributed by atoms with Gasteiger partial charge >= 0.3 is 0 Å². The molecule has 0 atom stereocenters. The van der Waals surface area contributed by atoms with Gasteiger partial charge in [-0.1, -0.05) is 30.3 Å². The Kier molecular flexibility index (Phi) is 8.58. The molecule has 2 aromatic rings. The van der Waals surface area contributed by atoms with E-state index in [1.54, 1.807) is 36.4 Å². The van der Waals surface area contributed by atoms with Gasteiger partial charge < -0.3 is 10.1 Å². The van der Waals surface area contributed by atoms with E-state index in [-0.39, 0.29) is 30.5 Å². The molecular weight excluding hydrogens is 392 g/mol. The van der Waals surface area contributed by atoms with Crippen LogP contribution in [0.5, 0.6) is 5.75 Å². The number of hydrogen-bond acceptors (Lipinski definition) is 5. The summed E-state index contributed by atoms with van der Waals surface area (Å²) < 4.78 is 5.36. The Morgan fingerprint density at radius 2 is 1.62 bits per heavy atom. The Morgan fingerprint density at radius 1 is 0.897 bits per heavy atom. The quantitative estimate of drug-likeness (QED) is 0.407. The number of carbonyl (C=O) groups excluding carboxylic acids is 3. The number of thiocarbonyl (C=S) groups is 1.